The van der Waals surface area contributed by atoms with Gasteiger partial charge < -0.3 is 15.2 Å². The van der Waals surface area contributed by atoms with E-state index in [9.17, 15) is 4.79 Å². The molecule has 1 saturated carbocycles. The highest BCUT2D eigenvalue weighted by Gasteiger charge is 2.28. The van der Waals surface area contributed by atoms with Crippen LogP contribution in [0.2, 0.25) is 0 Å². The van der Waals surface area contributed by atoms with E-state index in [-0.39, 0.29) is 12.1 Å². The van der Waals surface area contributed by atoms with E-state index >= 15 is 0 Å². The molecule has 0 aromatic carbocycles. The van der Waals surface area contributed by atoms with Crippen molar-refractivity contribution in [3.05, 3.63) is 11.7 Å². The molecular formula is C13H22N4O2. The van der Waals surface area contributed by atoms with Gasteiger partial charge in [-0.2, -0.15) is 4.98 Å². The van der Waals surface area contributed by atoms with Crippen LogP contribution in [0.4, 0.5) is 4.79 Å². The van der Waals surface area contributed by atoms with Crippen LogP contribution >= 0.6 is 0 Å². The zero-order valence-corrected chi connectivity index (χ0v) is 11.8. The third-order valence-electron chi connectivity index (χ3n) is 3.82. The van der Waals surface area contributed by atoms with Crippen molar-refractivity contribution in [1.29, 1.82) is 0 Å². The molecule has 2 N–H and O–H groups in total. The van der Waals surface area contributed by atoms with Gasteiger partial charge in [-0.15, -0.1) is 0 Å². The highest BCUT2D eigenvalue weighted by molar-refractivity contribution is 5.74. The Balaban J connectivity index is 1.80. The molecule has 0 bridgehead atoms. The second-order valence-corrected chi connectivity index (χ2v) is 5.47. The zero-order chi connectivity index (χ0) is 13.8. The second kappa shape index (κ2) is 6.04. The number of carbonyl (C=O) groups is 1. The summed E-state index contributed by atoms with van der Waals surface area (Å²) < 4.78 is 4.85. The maximum Gasteiger partial charge on any atom is 0.315 e. The number of hydrogen-bond acceptors (Lipinski definition) is 4. The van der Waals surface area contributed by atoms with Crippen molar-refractivity contribution in [2.75, 3.05) is 0 Å². The number of hydrogen-bond donors (Lipinski definition) is 2. The van der Waals surface area contributed by atoms with Crippen molar-refractivity contribution in [3.63, 3.8) is 0 Å². The SMILES string of the molecule is Cc1nc(CNC(=O)NC2C(C)CCCC2C)no1. The lowest BCUT2D eigenvalue weighted by Crippen LogP contribution is -2.49. The van der Waals surface area contributed by atoms with E-state index < -0.39 is 0 Å². The van der Waals surface area contributed by atoms with Crippen LogP contribution in [0.25, 0.3) is 0 Å². The standard InChI is InChI=1S/C13H22N4O2/c1-8-5-4-6-9(2)12(8)16-13(18)14-7-11-15-10(3)19-17-11/h8-9,12H,4-7H2,1-3H3,(H2,14,16,18). The summed E-state index contributed by atoms with van der Waals surface area (Å²) in [5.74, 6) is 2.06. The van der Waals surface area contributed by atoms with Crippen molar-refractivity contribution in [1.82, 2.24) is 20.8 Å². The van der Waals surface area contributed by atoms with E-state index in [0.717, 1.165) is 0 Å². The smallest absolute Gasteiger partial charge is 0.315 e. The van der Waals surface area contributed by atoms with Crippen molar-refractivity contribution in [2.45, 2.75) is 52.6 Å². The Labute approximate surface area is 113 Å². The van der Waals surface area contributed by atoms with Crippen LogP contribution in [-0.2, 0) is 6.54 Å². The second-order valence-electron chi connectivity index (χ2n) is 5.47. The molecule has 1 heterocycles. The van der Waals surface area contributed by atoms with E-state index in [4.69, 9.17) is 4.52 Å². The van der Waals surface area contributed by atoms with Gasteiger partial charge in [-0.25, -0.2) is 4.79 Å². The fraction of sp³-hybridized carbons (Fsp3) is 0.769. The fourth-order valence-corrected chi connectivity index (χ4v) is 2.74. The third kappa shape index (κ3) is 3.68. The lowest BCUT2D eigenvalue weighted by molar-refractivity contribution is 0.194. The number of carbonyl (C=O) groups excluding carboxylic acids is 1. The largest absolute Gasteiger partial charge is 0.340 e. The molecule has 1 aliphatic rings. The molecule has 2 amide bonds. The normalized spacial score (nSPS) is 27.0. The average Bonchev–Trinajstić information content (AvgIpc) is 2.77. The van der Waals surface area contributed by atoms with Crippen LogP contribution in [0.3, 0.4) is 0 Å². The lowest BCUT2D eigenvalue weighted by Gasteiger charge is -2.35. The van der Waals surface area contributed by atoms with Gasteiger partial charge in [0, 0.05) is 13.0 Å². The molecule has 6 nitrogen and oxygen atoms in total. The Kier molecular flexibility index (Phi) is 4.39. The Morgan fingerprint density at radius 3 is 2.63 bits per heavy atom. The number of amides is 2. The van der Waals surface area contributed by atoms with Gasteiger partial charge >= 0.3 is 6.03 Å². The molecule has 1 aliphatic carbocycles. The summed E-state index contributed by atoms with van der Waals surface area (Å²) in [6.45, 7) is 6.41. The molecule has 1 aromatic rings. The van der Waals surface area contributed by atoms with E-state index in [2.05, 4.69) is 34.6 Å². The highest BCUT2D eigenvalue weighted by atomic mass is 16.5. The highest BCUT2D eigenvalue weighted by Crippen LogP contribution is 2.28. The number of urea groups is 1. The molecule has 6 heteroatoms. The molecule has 2 rings (SSSR count). The van der Waals surface area contributed by atoms with Crippen LogP contribution in [0.1, 0.15) is 44.8 Å². The molecule has 1 aromatic heterocycles. The van der Waals surface area contributed by atoms with Gasteiger partial charge in [-0.1, -0.05) is 25.4 Å². The number of nitrogens with zero attached hydrogens (tertiary/aromatic N) is 2. The fourth-order valence-electron chi connectivity index (χ4n) is 2.74. The van der Waals surface area contributed by atoms with Crippen LogP contribution in [0.15, 0.2) is 4.52 Å². The van der Waals surface area contributed by atoms with Gasteiger partial charge in [-0.05, 0) is 24.7 Å². The summed E-state index contributed by atoms with van der Waals surface area (Å²) in [4.78, 5) is 15.9. The summed E-state index contributed by atoms with van der Waals surface area (Å²) in [7, 11) is 0. The number of rotatable bonds is 3. The summed E-state index contributed by atoms with van der Waals surface area (Å²) in [5.41, 5.74) is 0. The molecule has 0 spiro atoms. The van der Waals surface area contributed by atoms with Gasteiger partial charge in [0.25, 0.3) is 0 Å². The van der Waals surface area contributed by atoms with E-state index in [0.29, 0.717) is 30.1 Å². The molecular weight excluding hydrogens is 244 g/mol. The minimum atomic E-state index is -0.159. The van der Waals surface area contributed by atoms with Gasteiger partial charge in [0.15, 0.2) is 5.82 Å². The van der Waals surface area contributed by atoms with E-state index in [1.165, 1.54) is 19.3 Å². The summed E-state index contributed by atoms with van der Waals surface area (Å²) in [6.07, 6.45) is 3.61. The van der Waals surface area contributed by atoms with Crippen LogP contribution in [0.5, 0.6) is 0 Å². The molecule has 106 valence electrons. The first-order chi connectivity index (χ1) is 9.06. The molecule has 2 atom stereocenters. The van der Waals surface area contributed by atoms with Crippen molar-refractivity contribution in [3.8, 4) is 0 Å². The average molecular weight is 266 g/mol. The van der Waals surface area contributed by atoms with Crippen molar-refractivity contribution in [2.24, 2.45) is 11.8 Å². The van der Waals surface area contributed by atoms with Gasteiger partial charge in [-0.3, -0.25) is 0 Å². The molecule has 0 saturated heterocycles. The Hall–Kier alpha value is -1.59. The number of nitrogens with one attached hydrogen (secondary N) is 2. The maximum atomic E-state index is 11.9. The van der Waals surface area contributed by atoms with Crippen molar-refractivity contribution >= 4 is 6.03 Å². The number of aromatic nitrogens is 2. The molecule has 2 unspecified atom stereocenters. The first-order valence-corrected chi connectivity index (χ1v) is 6.90. The lowest BCUT2D eigenvalue weighted by atomic mass is 9.79. The van der Waals surface area contributed by atoms with Gasteiger partial charge in [0.05, 0.1) is 6.54 Å². The maximum absolute atomic E-state index is 11.9. The quantitative estimate of drug-likeness (QED) is 0.877. The monoisotopic (exact) mass is 266 g/mol. The first kappa shape index (κ1) is 13.8. The zero-order valence-electron chi connectivity index (χ0n) is 11.8. The van der Waals surface area contributed by atoms with Crippen molar-refractivity contribution < 1.29 is 9.32 Å². The summed E-state index contributed by atoms with van der Waals surface area (Å²) in [6, 6.07) is 0.0915. The Bertz CT molecular complexity index is 422. The predicted molar refractivity (Wildman–Crippen MR) is 70.4 cm³/mol. The predicted octanol–water partition coefficient (Wildman–Crippen LogP) is 2.00. The summed E-state index contributed by atoms with van der Waals surface area (Å²) in [5, 5.41) is 9.56. The minimum Gasteiger partial charge on any atom is -0.340 e. The first-order valence-electron chi connectivity index (χ1n) is 6.90. The Morgan fingerprint density at radius 2 is 2.05 bits per heavy atom. The van der Waals surface area contributed by atoms with E-state index in [1.807, 2.05) is 0 Å². The Morgan fingerprint density at radius 1 is 1.37 bits per heavy atom. The molecule has 19 heavy (non-hydrogen) atoms. The van der Waals surface area contributed by atoms with Gasteiger partial charge in [0.1, 0.15) is 0 Å². The molecule has 1 fully saturated rings. The molecule has 0 radical (unpaired) electrons. The van der Waals surface area contributed by atoms with E-state index in [1.54, 1.807) is 6.92 Å². The van der Waals surface area contributed by atoms with Crippen LogP contribution in [0, 0.1) is 18.8 Å². The third-order valence-corrected chi connectivity index (χ3v) is 3.82. The topological polar surface area (TPSA) is 80.0 Å². The minimum absolute atomic E-state index is 0.159. The van der Waals surface area contributed by atoms with Crippen LogP contribution in [-0.4, -0.2) is 22.2 Å². The summed E-state index contributed by atoms with van der Waals surface area (Å²) >= 11 is 0. The van der Waals surface area contributed by atoms with Crippen LogP contribution < -0.4 is 10.6 Å². The van der Waals surface area contributed by atoms with Gasteiger partial charge in [0.2, 0.25) is 5.89 Å². The molecule has 0 aliphatic heterocycles. The number of aryl methyl sites for hydroxylation is 1.